The molecule has 0 radical (unpaired) electrons. The summed E-state index contributed by atoms with van der Waals surface area (Å²) in [5, 5.41) is 12.3. The van der Waals surface area contributed by atoms with Crippen LogP contribution >= 0.6 is 23.1 Å². The van der Waals surface area contributed by atoms with Crippen LogP contribution in [0.25, 0.3) is 21.6 Å². The van der Waals surface area contributed by atoms with Gasteiger partial charge in [-0.15, -0.1) is 22.0 Å². The number of hydrogen-bond donors (Lipinski definition) is 0. The SMILES string of the molecule is Cc1nnc(-c2ccc3cnc(CC(=O)c4ccnc(SC5CCN(C)CC5)c4)cc3n2)s1. The summed E-state index contributed by atoms with van der Waals surface area (Å²) in [6.07, 6.45) is 6.02. The zero-order valence-electron chi connectivity index (χ0n) is 18.6. The number of pyridine rings is 3. The first-order chi connectivity index (χ1) is 16.0. The Morgan fingerprint density at radius 1 is 1.15 bits per heavy atom. The number of hydrogen-bond acceptors (Lipinski definition) is 9. The molecular formula is C24H24N6OS2. The van der Waals surface area contributed by atoms with Crippen molar-refractivity contribution in [1.82, 2.24) is 30.0 Å². The zero-order valence-corrected chi connectivity index (χ0v) is 20.2. The molecular weight excluding hydrogens is 452 g/mol. The van der Waals surface area contributed by atoms with Gasteiger partial charge in [0, 0.05) is 28.6 Å². The lowest BCUT2D eigenvalue weighted by molar-refractivity contribution is 0.0991. The maximum atomic E-state index is 13.0. The van der Waals surface area contributed by atoms with Crippen molar-refractivity contribution >= 4 is 39.8 Å². The lowest BCUT2D eigenvalue weighted by atomic mass is 10.1. The van der Waals surface area contributed by atoms with E-state index >= 15 is 0 Å². The molecule has 1 fully saturated rings. The molecule has 0 atom stereocenters. The third kappa shape index (κ3) is 5.26. The minimum absolute atomic E-state index is 0.0328. The fraction of sp³-hybridized carbons (Fsp3) is 0.333. The van der Waals surface area contributed by atoms with Crippen molar-refractivity contribution in [3.8, 4) is 10.7 Å². The number of aromatic nitrogens is 5. The van der Waals surface area contributed by atoms with Crippen LogP contribution < -0.4 is 0 Å². The molecule has 33 heavy (non-hydrogen) atoms. The fourth-order valence-electron chi connectivity index (χ4n) is 3.86. The van der Waals surface area contributed by atoms with Crippen LogP contribution in [0.3, 0.4) is 0 Å². The highest BCUT2D eigenvalue weighted by atomic mass is 32.2. The second-order valence-electron chi connectivity index (χ2n) is 8.29. The lowest BCUT2D eigenvalue weighted by Gasteiger charge is -2.28. The molecule has 5 heterocycles. The van der Waals surface area contributed by atoms with E-state index in [1.54, 1.807) is 30.2 Å². The molecule has 0 saturated carbocycles. The highest BCUT2D eigenvalue weighted by molar-refractivity contribution is 7.99. The topological polar surface area (TPSA) is 84.8 Å². The summed E-state index contributed by atoms with van der Waals surface area (Å²) in [6.45, 7) is 4.14. The molecule has 168 valence electrons. The van der Waals surface area contributed by atoms with Gasteiger partial charge in [0.15, 0.2) is 10.8 Å². The van der Waals surface area contributed by atoms with Crippen LogP contribution in [0, 0.1) is 6.92 Å². The molecule has 0 bridgehead atoms. The molecule has 0 aliphatic carbocycles. The van der Waals surface area contributed by atoms with Crippen LogP contribution in [-0.4, -0.2) is 61.2 Å². The normalized spacial score (nSPS) is 15.2. The van der Waals surface area contributed by atoms with E-state index in [-0.39, 0.29) is 12.2 Å². The van der Waals surface area contributed by atoms with Crippen LogP contribution in [-0.2, 0) is 6.42 Å². The number of fused-ring (bicyclic) bond motifs is 1. The van der Waals surface area contributed by atoms with E-state index in [1.807, 2.05) is 31.2 Å². The van der Waals surface area contributed by atoms with Gasteiger partial charge in [0.1, 0.15) is 10.7 Å². The van der Waals surface area contributed by atoms with Crippen LogP contribution in [0.2, 0.25) is 0 Å². The Morgan fingerprint density at radius 3 is 2.79 bits per heavy atom. The summed E-state index contributed by atoms with van der Waals surface area (Å²) in [7, 11) is 2.16. The summed E-state index contributed by atoms with van der Waals surface area (Å²) < 4.78 is 0. The van der Waals surface area contributed by atoms with Gasteiger partial charge in [-0.1, -0.05) is 11.3 Å². The van der Waals surface area contributed by atoms with Crippen molar-refractivity contribution in [3.63, 3.8) is 0 Å². The Morgan fingerprint density at radius 2 is 2.00 bits per heavy atom. The van der Waals surface area contributed by atoms with Crippen molar-refractivity contribution in [2.24, 2.45) is 0 Å². The quantitative estimate of drug-likeness (QED) is 0.377. The van der Waals surface area contributed by atoms with Gasteiger partial charge in [0.2, 0.25) is 0 Å². The fourth-order valence-corrected chi connectivity index (χ4v) is 5.63. The van der Waals surface area contributed by atoms with E-state index < -0.39 is 0 Å². The number of rotatable bonds is 6. The number of likely N-dealkylation sites (tertiary alicyclic amines) is 1. The molecule has 1 saturated heterocycles. The highest BCUT2D eigenvalue weighted by Crippen LogP contribution is 2.29. The summed E-state index contributed by atoms with van der Waals surface area (Å²) in [5.41, 5.74) is 2.95. The van der Waals surface area contributed by atoms with Gasteiger partial charge in [-0.2, -0.15) is 0 Å². The van der Waals surface area contributed by atoms with Crippen LogP contribution in [0.15, 0.2) is 47.8 Å². The van der Waals surface area contributed by atoms with Crippen molar-refractivity contribution in [3.05, 3.63) is 59.0 Å². The molecule has 4 aromatic rings. The average molecular weight is 477 g/mol. The minimum Gasteiger partial charge on any atom is -0.306 e. The molecule has 0 unspecified atom stereocenters. The number of thioether (sulfide) groups is 1. The second-order valence-corrected chi connectivity index (χ2v) is 10.8. The molecule has 0 N–H and O–H groups in total. The van der Waals surface area contributed by atoms with Gasteiger partial charge in [-0.05, 0) is 70.2 Å². The number of aryl methyl sites for hydroxylation is 1. The Labute approximate surface area is 200 Å². The third-order valence-electron chi connectivity index (χ3n) is 5.73. The van der Waals surface area contributed by atoms with Gasteiger partial charge in [0.25, 0.3) is 0 Å². The number of Topliss-reactive ketones (excluding diaryl/α,β-unsaturated/α-hetero) is 1. The van der Waals surface area contributed by atoms with Crippen LogP contribution in [0.4, 0.5) is 0 Å². The van der Waals surface area contributed by atoms with Crippen molar-refractivity contribution in [1.29, 1.82) is 0 Å². The standard InChI is InChI=1S/C24H24N6OS2/c1-15-28-29-24(32-15)20-4-3-17-14-26-18(12-21(17)27-20)13-22(31)16-5-8-25-23(11-16)33-19-6-9-30(2)10-7-19/h3-5,8,11-12,14,19H,6-7,9-10,13H2,1-2H3. The molecule has 9 heteroatoms. The molecule has 1 aliphatic rings. The highest BCUT2D eigenvalue weighted by Gasteiger charge is 2.19. The molecule has 0 aromatic carbocycles. The van der Waals surface area contributed by atoms with Gasteiger partial charge in [-0.25, -0.2) is 9.97 Å². The number of carbonyl (C=O) groups is 1. The molecule has 7 nitrogen and oxygen atoms in total. The van der Waals surface area contributed by atoms with Gasteiger partial charge < -0.3 is 4.90 Å². The maximum absolute atomic E-state index is 13.0. The summed E-state index contributed by atoms with van der Waals surface area (Å²) in [6, 6.07) is 9.49. The smallest absolute Gasteiger partial charge is 0.168 e. The van der Waals surface area contributed by atoms with Crippen LogP contribution in [0.5, 0.6) is 0 Å². The van der Waals surface area contributed by atoms with Crippen molar-refractivity contribution in [2.45, 2.75) is 36.5 Å². The lowest BCUT2D eigenvalue weighted by Crippen LogP contribution is -2.31. The van der Waals surface area contributed by atoms with Crippen molar-refractivity contribution < 1.29 is 4.79 Å². The maximum Gasteiger partial charge on any atom is 0.168 e. The largest absolute Gasteiger partial charge is 0.306 e. The monoisotopic (exact) mass is 476 g/mol. The van der Waals surface area contributed by atoms with E-state index in [9.17, 15) is 4.79 Å². The number of nitrogens with zero attached hydrogens (tertiary/aromatic N) is 6. The van der Waals surface area contributed by atoms with E-state index in [4.69, 9.17) is 4.98 Å². The summed E-state index contributed by atoms with van der Waals surface area (Å²) in [4.78, 5) is 29.1. The number of ketones is 1. The Bertz CT molecular complexity index is 1300. The Kier molecular flexibility index (Phi) is 6.43. The van der Waals surface area contributed by atoms with E-state index in [1.165, 1.54) is 11.3 Å². The molecule has 4 aromatic heterocycles. The molecule has 5 rings (SSSR count). The first-order valence-corrected chi connectivity index (χ1v) is 12.6. The predicted molar refractivity (Wildman–Crippen MR) is 132 cm³/mol. The Balaban J connectivity index is 1.31. The average Bonchev–Trinajstić information content (AvgIpc) is 3.26. The van der Waals surface area contributed by atoms with E-state index in [0.717, 1.165) is 57.6 Å². The molecule has 1 aliphatic heterocycles. The van der Waals surface area contributed by atoms with Gasteiger partial charge >= 0.3 is 0 Å². The second kappa shape index (κ2) is 9.62. The first-order valence-electron chi connectivity index (χ1n) is 10.9. The zero-order chi connectivity index (χ0) is 22.8. The summed E-state index contributed by atoms with van der Waals surface area (Å²) >= 11 is 3.29. The van der Waals surface area contributed by atoms with Crippen LogP contribution in [0.1, 0.15) is 33.9 Å². The minimum atomic E-state index is 0.0328. The van der Waals surface area contributed by atoms with E-state index in [2.05, 4.69) is 32.1 Å². The number of carbonyl (C=O) groups excluding carboxylic acids is 1. The summed E-state index contributed by atoms with van der Waals surface area (Å²) in [5.74, 6) is 0.0328. The number of piperidine rings is 1. The van der Waals surface area contributed by atoms with E-state index in [0.29, 0.717) is 16.5 Å². The molecule has 0 amide bonds. The molecule has 0 spiro atoms. The van der Waals surface area contributed by atoms with Gasteiger partial charge in [-0.3, -0.25) is 9.78 Å². The first kappa shape index (κ1) is 22.1. The van der Waals surface area contributed by atoms with Gasteiger partial charge in [0.05, 0.1) is 22.7 Å². The Hall–Kier alpha value is -2.75. The third-order valence-corrected chi connectivity index (χ3v) is 7.86. The van der Waals surface area contributed by atoms with Crippen molar-refractivity contribution in [2.75, 3.05) is 20.1 Å². The predicted octanol–water partition coefficient (Wildman–Crippen LogP) is 4.46.